The number of carbonyl (C=O) groups excluding carboxylic acids is 1. The molecule has 1 amide bonds. The number of hydrogen-bond acceptors (Lipinski definition) is 6. The summed E-state index contributed by atoms with van der Waals surface area (Å²) >= 11 is 0. The van der Waals surface area contributed by atoms with Crippen molar-refractivity contribution in [3.05, 3.63) is 11.8 Å². The highest BCUT2D eigenvalue weighted by Gasteiger charge is 2.56. The molecule has 7 nitrogen and oxygen atoms in total. The van der Waals surface area contributed by atoms with E-state index in [1.54, 1.807) is 6.92 Å². The van der Waals surface area contributed by atoms with Crippen molar-refractivity contribution < 1.29 is 18.7 Å². The van der Waals surface area contributed by atoms with E-state index in [0.717, 1.165) is 0 Å². The first-order valence-corrected chi connectivity index (χ1v) is 6.94. The van der Waals surface area contributed by atoms with E-state index in [4.69, 9.17) is 13.9 Å². The molecule has 1 aromatic rings. The molecule has 0 aromatic carbocycles. The molecule has 0 N–H and O–H groups in total. The molecule has 1 atom stereocenters. The Hall–Kier alpha value is -1.63. The Labute approximate surface area is 124 Å². The van der Waals surface area contributed by atoms with Crippen LogP contribution < -0.4 is 0 Å². The van der Waals surface area contributed by atoms with Crippen LogP contribution >= 0.6 is 0 Å². The van der Waals surface area contributed by atoms with Crippen molar-refractivity contribution >= 4 is 6.09 Å². The van der Waals surface area contributed by atoms with E-state index in [9.17, 15) is 4.79 Å². The van der Waals surface area contributed by atoms with Crippen LogP contribution in [0.1, 0.15) is 53.3 Å². The van der Waals surface area contributed by atoms with Gasteiger partial charge in [-0.25, -0.2) is 4.79 Å². The molecular weight excluding hydrogens is 274 g/mol. The van der Waals surface area contributed by atoms with Gasteiger partial charge in [-0.3, -0.25) is 4.90 Å². The summed E-state index contributed by atoms with van der Waals surface area (Å²) in [4.78, 5) is 14.1. The first-order chi connectivity index (χ1) is 9.46. The Morgan fingerprint density at radius 2 is 1.90 bits per heavy atom. The van der Waals surface area contributed by atoms with E-state index >= 15 is 0 Å². The molecule has 0 spiro atoms. The lowest BCUT2D eigenvalue weighted by atomic mass is 10.0. The fraction of sp³-hybridized carbons (Fsp3) is 0.786. The smallest absolute Gasteiger partial charge is 0.413 e. The maximum Gasteiger partial charge on any atom is 0.413 e. The highest BCUT2D eigenvalue weighted by atomic mass is 16.6. The van der Waals surface area contributed by atoms with Crippen molar-refractivity contribution in [3.63, 3.8) is 0 Å². The molecule has 1 aliphatic rings. The second-order valence-corrected chi connectivity index (χ2v) is 6.95. The van der Waals surface area contributed by atoms with E-state index in [2.05, 4.69) is 10.2 Å². The van der Waals surface area contributed by atoms with Gasteiger partial charge in [0.2, 0.25) is 11.8 Å². The van der Waals surface area contributed by atoms with Crippen LogP contribution in [-0.2, 0) is 15.0 Å². The number of nitrogens with zero attached hydrogens (tertiary/aromatic N) is 3. The normalized spacial score (nSPS) is 25.2. The lowest BCUT2D eigenvalue weighted by Crippen LogP contribution is -2.54. The molecule has 21 heavy (non-hydrogen) atoms. The van der Waals surface area contributed by atoms with Gasteiger partial charge in [-0.05, 0) is 41.5 Å². The van der Waals surface area contributed by atoms with Gasteiger partial charge >= 0.3 is 6.09 Å². The highest BCUT2D eigenvalue weighted by Crippen LogP contribution is 2.42. The molecular formula is C14H23N3O4. The van der Waals surface area contributed by atoms with Crippen molar-refractivity contribution in [2.45, 2.75) is 65.3 Å². The van der Waals surface area contributed by atoms with Gasteiger partial charge in [0, 0.05) is 6.92 Å². The predicted octanol–water partition coefficient (Wildman–Crippen LogP) is 2.60. The van der Waals surface area contributed by atoms with Gasteiger partial charge in [-0.15, -0.1) is 10.2 Å². The number of carbonyl (C=O) groups is 1. The van der Waals surface area contributed by atoms with Crippen LogP contribution in [0.15, 0.2) is 4.42 Å². The zero-order valence-electron chi connectivity index (χ0n) is 13.7. The zero-order chi connectivity index (χ0) is 16.1. The molecule has 0 aliphatic carbocycles. The number of rotatable bonds is 1. The van der Waals surface area contributed by atoms with Gasteiger partial charge in [0.1, 0.15) is 16.9 Å². The monoisotopic (exact) mass is 297 g/mol. The third-order valence-electron chi connectivity index (χ3n) is 3.30. The summed E-state index contributed by atoms with van der Waals surface area (Å²) in [5, 5.41) is 7.89. The Kier molecular flexibility index (Phi) is 3.52. The van der Waals surface area contributed by atoms with Crippen LogP contribution in [0.4, 0.5) is 4.79 Å². The Bertz CT molecular complexity index is 547. The van der Waals surface area contributed by atoms with Gasteiger partial charge in [-0.2, -0.15) is 0 Å². The third-order valence-corrected chi connectivity index (χ3v) is 3.30. The minimum Gasteiger partial charge on any atom is -0.444 e. The molecule has 7 heteroatoms. The largest absolute Gasteiger partial charge is 0.444 e. The number of amides is 1. The number of aryl methyl sites for hydroxylation is 1. The lowest BCUT2D eigenvalue weighted by molar-refractivity contribution is -0.0702. The molecule has 1 saturated heterocycles. The molecule has 0 bridgehead atoms. The summed E-state index contributed by atoms with van der Waals surface area (Å²) in [6.07, 6.45) is -0.469. The van der Waals surface area contributed by atoms with Gasteiger partial charge in [0.25, 0.3) is 0 Å². The SMILES string of the molecule is Cc1nnc(C2(C)COC(C)(C)N2C(=O)OC(C)(C)C)o1. The molecule has 2 rings (SSSR count). The second kappa shape index (κ2) is 4.69. The van der Waals surface area contributed by atoms with Crippen LogP contribution in [-0.4, -0.2) is 39.1 Å². The Balaban J connectivity index is 2.39. The van der Waals surface area contributed by atoms with Gasteiger partial charge < -0.3 is 13.9 Å². The Morgan fingerprint density at radius 3 is 2.38 bits per heavy atom. The van der Waals surface area contributed by atoms with Crippen LogP contribution in [0.5, 0.6) is 0 Å². The highest BCUT2D eigenvalue weighted by molar-refractivity contribution is 5.70. The topological polar surface area (TPSA) is 77.7 Å². The molecule has 118 valence electrons. The fourth-order valence-corrected chi connectivity index (χ4v) is 2.44. The summed E-state index contributed by atoms with van der Waals surface area (Å²) in [7, 11) is 0. The molecule has 1 fully saturated rings. The number of ether oxygens (including phenoxy) is 2. The second-order valence-electron chi connectivity index (χ2n) is 6.95. The van der Waals surface area contributed by atoms with Crippen molar-refractivity contribution in [2.24, 2.45) is 0 Å². The average Bonchev–Trinajstić information content (AvgIpc) is 2.80. The fourth-order valence-electron chi connectivity index (χ4n) is 2.44. The number of aromatic nitrogens is 2. The quantitative estimate of drug-likeness (QED) is 0.793. The molecule has 0 saturated carbocycles. The van der Waals surface area contributed by atoms with Crippen molar-refractivity contribution in [1.82, 2.24) is 15.1 Å². The Morgan fingerprint density at radius 1 is 1.29 bits per heavy atom. The summed E-state index contributed by atoms with van der Waals surface area (Å²) in [6.45, 7) is 12.9. The first-order valence-electron chi connectivity index (χ1n) is 6.94. The maximum atomic E-state index is 12.6. The average molecular weight is 297 g/mol. The van der Waals surface area contributed by atoms with E-state index < -0.39 is 23.0 Å². The van der Waals surface area contributed by atoms with Gasteiger partial charge in [-0.1, -0.05) is 0 Å². The van der Waals surface area contributed by atoms with Crippen molar-refractivity contribution in [2.75, 3.05) is 6.61 Å². The summed E-state index contributed by atoms with van der Waals surface area (Å²) in [5.74, 6) is 0.788. The van der Waals surface area contributed by atoms with Crippen LogP contribution in [0.25, 0.3) is 0 Å². The van der Waals surface area contributed by atoms with E-state index in [1.807, 2.05) is 41.5 Å². The summed E-state index contributed by atoms with van der Waals surface area (Å²) in [6, 6.07) is 0. The van der Waals surface area contributed by atoms with Crippen LogP contribution in [0.3, 0.4) is 0 Å². The molecule has 1 aliphatic heterocycles. The standard InChI is InChI=1S/C14H23N3O4/c1-9-15-16-10(20-9)14(7)8-19-13(5,6)17(14)11(18)21-12(2,3)4/h8H2,1-7H3. The van der Waals surface area contributed by atoms with Crippen LogP contribution in [0.2, 0.25) is 0 Å². The van der Waals surface area contributed by atoms with E-state index in [1.165, 1.54) is 4.90 Å². The maximum absolute atomic E-state index is 12.6. The lowest BCUT2D eigenvalue weighted by Gasteiger charge is -2.38. The zero-order valence-corrected chi connectivity index (χ0v) is 13.7. The molecule has 2 heterocycles. The van der Waals surface area contributed by atoms with Gasteiger partial charge in [0.15, 0.2) is 0 Å². The summed E-state index contributed by atoms with van der Waals surface area (Å²) < 4.78 is 16.8. The molecule has 0 radical (unpaired) electrons. The number of hydrogen-bond donors (Lipinski definition) is 0. The predicted molar refractivity (Wildman–Crippen MR) is 74.5 cm³/mol. The molecule has 1 unspecified atom stereocenters. The van der Waals surface area contributed by atoms with E-state index in [-0.39, 0.29) is 6.61 Å². The van der Waals surface area contributed by atoms with E-state index in [0.29, 0.717) is 11.8 Å². The van der Waals surface area contributed by atoms with Crippen molar-refractivity contribution in [3.8, 4) is 0 Å². The minimum absolute atomic E-state index is 0.265. The molecule has 1 aromatic heterocycles. The minimum atomic E-state index is -0.854. The summed E-state index contributed by atoms with van der Waals surface area (Å²) in [5.41, 5.74) is -2.27. The van der Waals surface area contributed by atoms with Crippen LogP contribution in [0, 0.1) is 6.92 Å². The first kappa shape index (κ1) is 15.8. The van der Waals surface area contributed by atoms with Gasteiger partial charge in [0.05, 0.1) is 6.61 Å². The third kappa shape index (κ3) is 2.88. The van der Waals surface area contributed by atoms with Crippen molar-refractivity contribution in [1.29, 1.82) is 0 Å².